The van der Waals surface area contributed by atoms with Crippen LogP contribution in [0, 0.1) is 40.4 Å². The van der Waals surface area contributed by atoms with Gasteiger partial charge in [0.25, 0.3) is 0 Å². The molecule has 0 aromatic carbocycles. The van der Waals surface area contributed by atoms with Crippen molar-refractivity contribution >= 4 is 11.6 Å². The van der Waals surface area contributed by atoms with Crippen LogP contribution in [-0.2, 0) is 9.59 Å². The molecule has 0 amide bonds. The molecule has 8 atom stereocenters. The number of ketones is 2. The van der Waals surface area contributed by atoms with Gasteiger partial charge < -0.3 is 5.11 Å². The first kappa shape index (κ1) is 33.5. The molecule has 1 N–H and O–H groups in total. The van der Waals surface area contributed by atoms with E-state index in [-0.39, 0.29) is 11.5 Å². The fourth-order valence-corrected chi connectivity index (χ4v) is 8.49. The molecule has 6 aliphatic rings. The highest BCUT2D eigenvalue weighted by molar-refractivity contribution is 5.87. The molecular formula is C36H58O3. The first-order valence-corrected chi connectivity index (χ1v) is 15.7. The summed E-state index contributed by atoms with van der Waals surface area (Å²) in [6.45, 7) is 24.9. The average Bonchev–Trinajstić information content (AvgIpc) is 3.60. The van der Waals surface area contributed by atoms with Gasteiger partial charge in [-0.3, -0.25) is 9.59 Å². The van der Waals surface area contributed by atoms with Gasteiger partial charge in [0.15, 0.2) is 0 Å². The molecule has 0 radical (unpaired) electrons. The lowest BCUT2D eigenvalue weighted by Crippen LogP contribution is -2.50. The summed E-state index contributed by atoms with van der Waals surface area (Å²) in [6.07, 6.45) is 17.8. The van der Waals surface area contributed by atoms with E-state index >= 15 is 0 Å². The number of carbonyl (C=O) groups is 2. The lowest BCUT2D eigenvalue weighted by atomic mass is 9.48. The van der Waals surface area contributed by atoms with Crippen molar-refractivity contribution in [3.63, 3.8) is 0 Å². The lowest BCUT2D eigenvalue weighted by molar-refractivity contribution is -0.132. The molecule has 3 nitrogen and oxygen atoms in total. The molecule has 0 aromatic heterocycles. The Bertz CT molecular complexity index is 860. The van der Waals surface area contributed by atoms with E-state index in [4.69, 9.17) is 0 Å². The van der Waals surface area contributed by atoms with Crippen molar-refractivity contribution in [2.24, 2.45) is 40.4 Å². The number of Topliss-reactive ketones (excluding diaryl/α,β-unsaturated/α-hetero) is 2. The molecule has 5 saturated carbocycles. The monoisotopic (exact) mass is 538 g/mol. The maximum Gasteiger partial charge on any atom is 0.139 e. The van der Waals surface area contributed by atoms with Crippen LogP contribution in [0.5, 0.6) is 0 Å². The predicted molar refractivity (Wildman–Crippen MR) is 165 cm³/mol. The number of hydrogen-bond acceptors (Lipinski definition) is 3. The van der Waals surface area contributed by atoms with E-state index in [1.165, 1.54) is 36.8 Å². The van der Waals surface area contributed by atoms with Gasteiger partial charge in [0.1, 0.15) is 11.6 Å². The minimum absolute atomic E-state index is 0.0168. The summed E-state index contributed by atoms with van der Waals surface area (Å²) in [4.78, 5) is 22.9. The van der Waals surface area contributed by atoms with Crippen molar-refractivity contribution in [2.45, 2.75) is 124 Å². The number of rotatable bonds is 0. The van der Waals surface area contributed by atoms with Crippen molar-refractivity contribution in [1.29, 1.82) is 0 Å². The molecular weight excluding hydrogens is 480 g/mol. The highest BCUT2D eigenvalue weighted by atomic mass is 16.3. The van der Waals surface area contributed by atoms with E-state index in [2.05, 4.69) is 59.7 Å². The van der Waals surface area contributed by atoms with Crippen molar-refractivity contribution in [3.8, 4) is 0 Å². The summed E-state index contributed by atoms with van der Waals surface area (Å²) in [5, 5.41) is 10.00. The molecule has 220 valence electrons. The summed E-state index contributed by atoms with van der Waals surface area (Å²) in [6, 6.07) is 0. The number of aliphatic hydroxyl groups excluding tert-OH is 1. The van der Waals surface area contributed by atoms with Crippen LogP contribution < -0.4 is 0 Å². The summed E-state index contributed by atoms with van der Waals surface area (Å²) < 4.78 is 0. The third-order valence-corrected chi connectivity index (χ3v) is 11.2. The van der Waals surface area contributed by atoms with Crippen LogP contribution in [0.15, 0.2) is 50.1 Å². The highest BCUT2D eigenvalue weighted by Crippen LogP contribution is 2.63. The van der Waals surface area contributed by atoms with Crippen molar-refractivity contribution < 1.29 is 14.7 Å². The quantitative estimate of drug-likeness (QED) is 0.313. The Hall–Kier alpha value is -1.74. The van der Waals surface area contributed by atoms with Crippen LogP contribution in [0.2, 0.25) is 0 Å². The second-order valence-electron chi connectivity index (χ2n) is 13.3. The molecule has 0 spiro atoms. The maximum absolute atomic E-state index is 12.4. The zero-order valence-electron chi connectivity index (χ0n) is 25.7. The SMILES string of the molecule is C=C.C=C.C=C1CCC[C@H]1C.C[C@@H]1CCCC1=O.C[C@]12CC[C@H](O)CC1=CCC1C2CC[C@]2(C)C(=O)CCC12. The maximum atomic E-state index is 12.4. The Morgan fingerprint density at radius 2 is 1.38 bits per heavy atom. The minimum Gasteiger partial charge on any atom is -0.393 e. The van der Waals surface area contributed by atoms with Gasteiger partial charge >= 0.3 is 0 Å². The van der Waals surface area contributed by atoms with E-state index < -0.39 is 0 Å². The first-order chi connectivity index (χ1) is 18.6. The molecule has 0 aliphatic heterocycles. The Morgan fingerprint density at radius 1 is 0.795 bits per heavy atom. The number of allylic oxidation sites excluding steroid dienone is 2. The van der Waals surface area contributed by atoms with E-state index in [9.17, 15) is 14.7 Å². The van der Waals surface area contributed by atoms with Gasteiger partial charge in [0.2, 0.25) is 0 Å². The summed E-state index contributed by atoms with van der Waals surface area (Å²) in [7, 11) is 0. The second-order valence-corrected chi connectivity index (χ2v) is 13.3. The molecule has 3 unspecified atom stereocenters. The van der Waals surface area contributed by atoms with Crippen LogP contribution in [0.3, 0.4) is 0 Å². The third kappa shape index (κ3) is 7.32. The van der Waals surface area contributed by atoms with Gasteiger partial charge in [-0.15, -0.1) is 26.3 Å². The largest absolute Gasteiger partial charge is 0.393 e. The molecule has 0 heterocycles. The van der Waals surface area contributed by atoms with Crippen molar-refractivity contribution in [2.75, 3.05) is 0 Å². The summed E-state index contributed by atoms with van der Waals surface area (Å²) >= 11 is 0. The van der Waals surface area contributed by atoms with Crippen molar-refractivity contribution in [3.05, 3.63) is 50.1 Å². The van der Waals surface area contributed by atoms with E-state index in [1.54, 1.807) is 0 Å². The highest BCUT2D eigenvalue weighted by Gasteiger charge is 2.58. The Kier molecular flexibility index (Phi) is 12.7. The van der Waals surface area contributed by atoms with Gasteiger partial charge in [0.05, 0.1) is 6.10 Å². The lowest BCUT2D eigenvalue weighted by Gasteiger charge is -2.56. The fourth-order valence-electron chi connectivity index (χ4n) is 8.49. The van der Waals surface area contributed by atoms with Crippen LogP contribution in [0.1, 0.15) is 118 Å². The second kappa shape index (κ2) is 14.8. The minimum atomic E-state index is -0.122. The van der Waals surface area contributed by atoms with Gasteiger partial charge in [-0.05, 0) is 106 Å². The molecule has 6 aliphatic carbocycles. The molecule has 0 saturated heterocycles. The molecule has 3 heteroatoms. The van der Waals surface area contributed by atoms with E-state index in [1.807, 2.05) is 6.92 Å². The van der Waals surface area contributed by atoms with Gasteiger partial charge in [0, 0.05) is 24.2 Å². The van der Waals surface area contributed by atoms with Crippen molar-refractivity contribution in [1.82, 2.24) is 0 Å². The van der Waals surface area contributed by atoms with Gasteiger partial charge in [-0.2, -0.15) is 0 Å². The number of aliphatic hydroxyl groups is 1. The zero-order chi connectivity index (χ0) is 29.4. The van der Waals surface area contributed by atoms with Crippen LogP contribution in [0.4, 0.5) is 0 Å². The van der Waals surface area contributed by atoms with E-state index in [0.29, 0.717) is 34.7 Å². The Balaban J connectivity index is 0.000000243. The average molecular weight is 539 g/mol. The van der Waals surface area contributed by atoms with Crippen LogP contribution >= 0.6 is 0 Å². The molecule has 0 aromatic rings. The number of hydrogen-bond donors (Lipinski definition) is 1. The normalized spacial score (nSPS) is 39.9. The molecule has 5 fully saturated rings. The zero-order valence-corrected chi connectivity index (χ0v) is 25.7. The molecule has 39 heavy (non-hydrogen) atoms. The third-order valence-electron chi connectivity index (χ3n) is 11.2. The smallest absolute Gasteiger partial charge is 0.139 e. The standard InChI is InChI=1S/C19H28O2.C7H12.C6H10O.2C2H4/c1-18-9-7-13(20)11-12(18)3-4-14-15-5-6-17(21)19(15,2)10-8-16(14)18;1-6-4-3-5-7(6)2;1-5-3-2-4-6(5)7;2*1-2/h3,13-16,20H,4-11H2,1-2H3;7H,1,3-5H2,2H3;5H,2-4H2,1H3;2*1-2H2/t13-,14?,15?,16?,18-,19-;7-;5-;;/m011../s1. The Morgan fingerprint density at radius 3 is 1.87 bits per heavy atom. The number of carbonyl (C=O) groups excluding carboxylic acids is 2. The summed E-state index contributed by atoms with van der Waals surface area (Å²) in [5.74, 6) is 4.25. The fraction of sp³-hybridized carbons (Fsp3) is 0.722. The van der Waals surface area contributed by atoms with Gasteiger partial charge in [-0.25, -0.2) is 0 Å². The molecule has 6 rings (SSSR count). The number of fused-ring (bicyclic) bond motifs is 5. The first-order valence-electron chi connectivity index (χ1n) is 15.7. The predicted octanol–water partition coefficient (Wildman–Crippen LogP) is 9.22. The molecule has 0 bridgehead atoms. The van der Waals surface area contributed by atoms with Crippen LogP contribution in [0.25, 0.3) is 0 Å². The Labute approximate surface area is 240 Å². The topological polar surface area (TPSA) is 54.4 Å². The van der Waals surface area contributed by atoms with Gasteiger partial charge in [-0.1, -0.05) is 51.5 Å². The summed E-state index contributed by atoms with van der Waals surface area (Å²) in [5.41, 5.74) is 3.27. The van der Waals surface area contributed by atoms with E-state index in [0.717, 1.165) is 76.0 Å². The van der Waals surface area contributed by atoms with Crippen LogP contribution in [-0.4, -0.2) is 22.8 Å².